The molecule has 0 spiro atoms. The van der Waals surface area contributed by atoms with Crippen molar-refractivity contribution in [3.8, 4) is 17.3 Å². The zero-order chi connectivity index (χ0) is 26.5. The number of aromatic nitrogens is 5. The van der Waals surface area contributed by atoms with Crippen molar-refractivity contribution in [1.82, 2.24) is 30.0 Å². The molecule has 0 fully saturated rings. The first-order chi connectivity index (χ1) is 18.6. The minimum absolute atomic E-state index is 0.0489. The van der Waals surface area contributed by atoms with Crippen LogP contribution in [-0.4, -0.2) is 50.1 Å². The Kier molecular flexibility index (Phi) is 8.00. The van der Waals surface area contributed by atoms with Gasteiger partial charge in [-0.2, -0.15) is 5.10 Å². The molecule has 0 aliphatic rings. The first-order valence-electron chi connectivity index (χ1n) is 11.9. The van der Waals surface area contributed by atoms with Gasteiger partial charge in [0.15, 0.2) is 17.4 Å². The Labute approximate surface area is 229 Å². The zero-order valence-electron chi connectivity index (χ0n) is 20.5. The standard InChI is InChI=1S/C27H25Cl2N7O2/c1-38-23-15-32-27(34-26(23)33-18-8-10-30-11-9-18)25-19-4-2-3-5-22(19)36(35-25)16-20-21(28)7-6-17(24(20)29)14-31-12-13-37/h2-11,15,31,37H,12-14,16H2,1H3,(H,30,32,33,34). The van der Waals surface area contributed by atoms with Gasteiger partial charge in [0.2, 0.25) is 0 Å². The molecule has 3 heterocycles. The van der Waals surface area contributed by atoms with Crippen molar-refractivity contribution in [2.24, 2.45) is 0 Å². The number of nitrogens with zero attached hydrogens (tertiary/aromatic N) is 5. The second-order valence-corrected chi connectivity index (χ2v) is 9.18. The molecule has 0 unspecified atom stereocenters. The number of nitrogens with one attached hydrogen (secondary N) is 2. The first-order valence-corrected chi connectivity index (χ1v) is 12.7. The molecule has 0 aliphatic heterocycles. The van der Waals surface area contributed by atoms with Crippen LogP contribution in [0.2, 0.25) is 10.0 Å². The third-order valence-electron chi connectivity index (χ3n) is 5.97. The molecule has 2 aromatic carbocycles. The van der Waals surface area contributed by atoms with Crippen LogP contribution in [0.4, 0.5) is 11.5 Å². The van der Waals surface area contributed by atoms with Crippen molar-refractivity contribution in [3.05, 3.63) is 88.3 Å². The van der Waals surface area contributed by atoms with Crippen LogP contribution in [0.1, 0.15) is 11.1 Å². The van der Waals surface area contributed by atoms with E-state index < -0.39 is 0 Å². The molecule has 11 heteroatoms. The average molecular weight is 550 g/mol. The van der Waals surface area contributed by atoms with Crippen LogP contribution >= 0.6 is 23.2 Å². The summed E-state index contributed by atoms with van der Waals surface area (Å²) in [5.74, 6) is 1.45. The quantitative estimate of drug-likeness (QED) is 0.207. The van der Waals surface area contributed by atoms with Crippen molar-refractivity contribution < 1.29 is 9.84 Å². The Morgan fingerprint density at radius 3 is 2.66 bits per heavy atom. The molecule has 38 heavy (non-hydrogen) atoms. The molecule has 0 saturated carbocycles. The van der Waals surface area contributed by atoms with E-state index in [9.17, 15) is 0 Å². The van der Waals surface area contributed by atoms with E-state index >= 15 is 0 Å². The second-order valence-electron chi connectivity index (χ2n) is 8.39. The molecule has 0 saturated heterocycles. The normalized spacial score (nSPS) is 11.2. The number of aliphatic hydroxyl groups excluding tert-OH is 1. The smallest absolute Gasteiger partial charge is 0.183 e. The third kappa shape index (κ3) is 5.41. The van der Waals surface area contributed by atoms with Crippen LogP contribution < -0.4 is 15.4 Å². The molecule has 0 amide bonds. The summed E-state index contributed by atoms with van der Waals surface area (Å²) in [6, 6.07) is 15.3. The lowest BCUT2D eigenvalue weighted by molar-refractivity contribution is 0.292. The molecule has 0 aliphatic carbocycles. The predicted molar refractivity (Wildman–Crippen MR) is 149 cm³/mol. The van der Waals surface area contributed by atoms with Gasteiger partial charge in [0.1, 0.15) is 5.69 Å². The van der Waals surface area contributed by atoms with Gasteiger partial charge in [-0.15, -0.1) is 0 Å². The van der Waals surface area contributed by atoms with Gasteiger partial charge < -0.3 is 20.5 Å². The molecule has 5 rings (SSSR count). The summed E-state index contributed by atoms with van der Waals surface area (Å²) in [7, 11) is 1.57. The van der Waals surface area contributed by atoms with Gasteiger partial charge in [-0.1, -0.05) is 47.5 Å². The number of fused-ring (bicyclic) bond motifs is 1. The Morgan fingerprint density at radius 2 is 1.87 bits per heavy atom. The summed E-state index contributed by atoms with van der Waals surface area (Å²) in [5, 5.41) is 22.4. The van der Waals surface area contributed by atoms with Crippen molar-refractivity contribution in [3.63, 3.8) is 0 Å². The Hall–Kier alpha value is -3.76. The molecule has 194 valence electrons. The Balaban J connectivity index is 1.54. The number of pyridine rings is 1. The van der Waals surface area contributed by atoms with Gasteiger partial charge in [-0.3, -0.25) is 9.67 Å². The summed E-state index contributed by atoms with van der Waals surface area (Å²) in [6.45, 7) is 1.39. The van der Waals surface area contributed by atoms with E-state index in [1.807, 2.05) is 53.2 Å². The summed E-state index contributed by atoms with van der Waals surface area (Å²) in [5.41, 5.74) is 3.97. The number of hydrogen-bond acceptors (Lipinski definition) is 8. The van der Waals surface area contributed by atoms with E-state index in [2.05, 4.69) is 20.6 Å². The fourth-order valence-electron chi connectivity index (χ4n) is 4.09. The number of hydrogen-bond donors (Lipinski definition) is 3. The lowest BCUT2D eigenvalue weighted by Crippen LogP contribution is -2.18. The molecule has 0 atom stereocenters. The molecule has 3 aromatic heterocycles. The van der Waals surface area contributed by atoms with Crippen molar-refractivity contribution in [2.75, 3.05) is 25.6 Å². The van der Waals surface area contributed by atoms with E-state index in [0.717, 1.165) is 27.7 Å². The average Bonchev–Trinajstić information content (AvgIpc) is 3.31. The van der Waals surface area contributed by atoms with Gasteiger partial charge in [0.25, 0.3) is 0 Å². The second kappa shape index (κ2) is 11.7. The maximum Gasteiger partial charge on any atom is 0.183 e. The van der Waals surface area contributed by atoms with E-state index in [1.165, 1.54) is 0 Å². The lowest BCUT2D eigenvalue weighted by atomic mass is 10.1. The SMILES string of the molecule is COc1cnc(-c2nn(Cc3c(Cl)ccc(CNCCO)c3Cl)c3ccccc23)nc1Nc1ccncc1. The number of halogens is 2. The molecule has 3 N–H and O–H groups in total. The zero-order valence-corrected chi connectivity index (χ0v) is 22.0. The van der Waals surface area contributed by atoms with Crippen molar-refractivity contribution in [2.45, 2.75) is 13.1 Å². The maximum absolute atomic E-state index is 9.07. The van der Waals surface area contributed by atoms with Gasteiger partial charge in [-0.25, -0.2) is 9.97 Å². The van der Waals surface area contributed by atoms with E-state index in [1.54, 1.807) is 25.7 Å². The summed E-state index contributed by atoms with van der Waals surface area (Å²) in [6.07, 6.45) is 5.01. The van der Waals surface area contributed by atoms with Gasteiger partial charge in [-0.05, 0) is 29.8 Å². The highest BCUT2D eigenvalue weighted by molar-refractivity contribution is 6.36. The monoisotopic (exact) mass is 549 g/mol. The fourth-order valence-corrected chi connectivity index (χ4v) is 4.65. The highest BCUT2D eigenvalue weighted by Gasteiger charge is 2.19. The largest absolute Gasteiger partial charge is 0.491 e. The van der Waals surface area contributed by atoms with Crippen LogP contribution in [0.3, 0.4) is 0 Å². The van der Waals surface area contributed by atoms with Crippen LogP contribution in [0.25, 0.3) is 22.4 Å². The Bertz CT molecular complexity index is 1560. The molecular formula is C27H25Cl2N7O2. The Morgan fingerprint density at radius 1 is 1.05 bits per heavy atom. The first kappa shape index (κ1) is 25.9. The minimum atomic E-state index is 0.0489. The van der Waals surface area contributed by atoms with E-state index in [0.29, 0.717) is 52.8 Å². The number of methoxy groups -OCH3 is 1. The summed E-state index contributed by atoms with van der Waals surface area (Å²) in [4.78, 5) is 13.3. The molecular weight excluding hydrogens is 525 g/mol. The number of aliphatic hydroxyl groups is 1. The van der Waals surface area contributed by atoms with E-state index in [-0.39, 0.29) is 6.61 Å². The fraction of sp³-hybridized carbons (Fsp3) is 0.185. The summed E-state index contributed by atoms with van der Waals surface area (Å²) >= 11 is 13.4. The van der Waals surface area contributed by atoms with Gasteiger partial charge in [0.05, 0.1) is 37.0 Å². The number of para-hydroxylation sites is 1. The lowest BCUT2D eigenvalue weighted by Gasteiger charge is -2.13. The van der Waals surface area contributed by atoms with Crippen LogP contribution in [0.5, 0.6) is 5.75 Å². The van der Waals surface area contributed by atoms with Crippen LogP contribution in [0, 0.1) is 0 Å². The highest BCUT2D eigenvalue weighted by atomic mass is 35.5. The van der Waals surface area contributed by atoms with E-state index in [4.69, 9.17) is 43.1 Å². The molecule has 9 nitrogen and oxygen atoms in total. The topological polar surface area (TPSA) is 110 Å². The minimum Gasteiger partial charge on any atom is -0.491 e. The summed E-state index contributed by atoms with van der Waals surface area (Å²) < 4.78 is 7.33. The van der Waals surface area contributed by atoms with Crippen molar-refractivity contribution >= 4 is 45.6 Å². The molecule has 0 bridgehead atoms. The van der Waals surface area contributed by atoms with Gasteiger partial charge >= 0.3 is 0 Å². The third-order valence-corrected chi connectivity index (χ3v) is 6.79. The predicted octanol–water partition coefficient (Wildman–Crippen LogP) is 5.08. The number of benzene rings is 2. The molecule has 0 radical (unpaired) electrons. The highest BCUT2D eigenvalue weighted by Crippen LogP contribution is 2.33. The van der Waals surface area contributed by atoms with Crippen LogP contribution in [0.15, 0.2) is 67.1 Å². The maximum atomic E-state index is 9.07. The number of rotatable bonds is 10. The van der Waals surface area contributed by atoms with Crippen LogP contribution in [-0.2, 0) is 13.1 Å². The van der Waals surface area contributed by atoms with Gasteiger partial charge in [0, 0.05) is 47.1 Å². The van der Waals surface area contributed by atoms with Crippen molar-refractivity contribution in [1.29, 1.82) is 0 Å². The number of anilines is 2. The molecule has 5 aromatic rings. The number of ether oxygens (including phenoxy) is 1.